The Balaban J connectivity index is 1.98. The van der Waals surface area contributed by atoms with Crippen LogP contribution in [0.5, 0.6) is 0 Å². The van der Waals surface area contributed by atoms with Crippen LogP contribution in [-0.2, 0) is 4.74 Å². The number of carbonyl (C=O) groups is 1. The van der Waals surface area contributed by atoms with Crippen molar-refractivity contribution in [1.29, 1.82) is 0 Å². The Kier molecular flexibility index (Phi) is 4.95. The molecule has 0 bridgehead atoms. The summed E-state index contributed by atoms with van der Waals surface area (Å²) in [6.07, 6.45) is 1.42. The van der Waals surface area contributed by atoms with Gasteiger partial charge in [-0.15, -0.1) is 0 Å². The summed E-state index contributed by atoms with van der Waals surface area (Å²) in [4.78, 5) is 21.9. The second-order valence-corrected chi connectivity index (χ2v) is 6.73. The Morgan fingerprint density at radius 3 is 2.86 bits per heavy atom. The number of nitrogens with zero attached hydrogens (tertiary/aromatic N) is 3. The summed E-state index contributed by atoms with van der Waals surface area (Å²) in [5.74, 6) is 0.818. The predicted octanol–water partition coefficient (Wildman–Crippen LogP) is 2.21. The van der Waals surface area contributed by atoms with Gasteiger partial charge >= 0.3 is 6.09 Å². The molecule has 1 aromatic rings. The fourth-order valence-corrected chi connectivity index (χ4v) is 2.55. The number of piperidine rings is 1. The second kappa shape index (κ2) is 6.56. The van der Waals surface area contributed by atoms with E-state index in [1.54, 1.807) is 6.07 Å². The molecule has 0 saturated carbocycles. The first-order valence-electron chi connectivity index (χ1n) is 7.27. The van der Waals surface area contributed by atoms with Crippen molar-refractivity contribution in [2.45, 2.75) is 45.3 Å². The van der Waals surface area contributed by atoms with Crippen molar-refractivity contribution in [3.63, 3.8) is 0 Å². The number of ether oxygens (including phenoxy) is 1. The van der Waals surface area contributed by atoms with Gasteiger partial charge in [0.25, 0.3) is 0 Å². The SMILES string of the molecule is CC(C)(C)OC(=O)NC1CCCN(c2cc(Cl)nc(N)n2)C1. The molecule has 2 heterocycles. The van der Waals surface area contributed by atoms with Crippen molar-refractivity contribution in [3.05, 3.63) is 11.2 Å². The third-order valence-corrected chi connectivity index (χ3v) is 3.36. The van der Waals surface area contributed by atoms with Gasteiger partial charge in [-0.05, 0) is 33.6 Å². The standard InChI is InChI=1S/C14H22ClN5O2/c1-14(2,3)22-13(21)17-9-5-4-6-20(8-9)11-7-10(15)18-12(16)19-11/h7,9H,4-6,8H2,1-3H3,(H,17,21)(H2,16,18,19). The van der Waals surface area contributed by atoms with Crippen LogP contribution in [0, 0.1) is 0 Å². The molecule has 1 aliphatic heterocycles. The lowest BCUT2D eigenvalue weighted by atomic mass is 10.1. The maximum atomic E-state index is 11.9. The van der Waals surface area contributed by atoms with E-state index < -0.39 is 11.7 Å². The molecule has 3 N–H and O–H groups in total. The van der Waals surface area contributed by atoms with Crippen molar-refractivity contribution >= 4 is 29.5 Å². The molecule has 0 radical (unpaired) electrons. The number of carbonyl (C=O) groups excluding carboxylic acids is 1. The van der Waals surface area contributed by atoms with Crippen LogP contribution >= 0.6 is 11.6 Å². The number of nitrogens with two attached hydrogens (primary N) is 1. The fraction of sp³-hybridized carbons (Fsp3) is 0.643. The van der Waals surface area contributed by atoms with Gasteiger partial charge < -0.3 is 20.7 Å². The third-order valence-electron chi connectivity index (χ3n) is 3.16. The average molecular weight is 328 g/mol. The molecule has 1 saturated heterocycles. The molecular formula is C14H22ClN5O2. The maximum Gasteiger partial charge on any atom is 0.407 e. The summed E-state index contributed by atoms with van der Waals surface area (Å²) in [5, 5.41) is 3.20. The summed E-state index contributed by atoms with van der Waals surface area (Å²) in [6, 6.07) is 1.67. The minimum Gasteiger partial charge on any atom is -0.444 e. The van der Waals surface area contributed by atoms with Crippen LogP contribution < -0.4 is 16.0 Å². The first-order valence-corrected chi connectivity index (χ1v) is 7.65. The highest BCUT2D eigenvalue weighted by atomic mass is 35.5. The number of halogens is 1. The first-order chi connectivity index (χ1) is 10.2. The lowest BCUT2D eigenvalue weighted by Crippen LogP contribution is -2.49. The van der Waals surface area contributed by atoms with Crippen LogP contribution in [0.25, 0.3) is 0 Å². The number of hydrogen-bond acceptors (Lipinski definition) is 6. The van der Waals surface area contributed by atoms with Crippen LogP contribution in [-0.4, -0.2) is 40.8 Å². The van der Waals surface area contributed by atoms with Crippen molar-refractivity contribution in [3.8, 4) is 0 Å². The molecule has 7 nitrogen and oxygen atoms in total. The van der Waals surface area contributed by atoms with E-state index in [9.17, 15) is 4.79 Å². The number of nitrogen functional groups attached to an aromatic ring is 1. The number of anilines is 2. The summed E-state index contributed by atoms with van der Waals surface area (Å²) in [7, 11) is 0. The number of hydrogen-bond donors (Lipinski definition) is 2. The van der Waals surface area contributed by atoms with Crippen LogP contribution in [0.2, 0.25) is 5.15 Å². The van der Waals surface area contributed by atoms with Gasteiger partial charge in [0.1, 0.15) is 16.6 Å². The summed E-state index contributed by atoms with van der Waals surface area (Å²) >= 11 is 5.92. The molecule has 1 aromatic heterocycles. The Bertz CT molecular complexity index is 526. The molecule has 0 spiro atoms. The van der Waals surface area contributed by atoms with Crippen LogP contribution in [0.3, 0.4) is 0 Å². The van der Waals surface area contributed by atoms with Crippen LogP contribution in [0.1, 0.15) is 33.6 Å². The van der Waals surface area contributed by atoms with E-state index in [4.69, 9.17) is 22.1 Å². The number of alkyl carbamates (subject to hydrolysis) is 1. The fourth-order valence-electron chi connectivity index (χ4n) is 2.36. The molecule has 1 aliphatic rings. The predicted molar refractivity (Wildman–Crippen MR) is 86.1 cm³/mol. The Hall–Kier alpha value is -1.76. The highest BCUT2D eigenvalue weighted by Gasteiger charge is 2.25. The number of rotatable bonds is 2. The van der Waals surface area contributed by atoms with Crippen LogP contribution in [0.4, 0.5) is 16.6 Å². The van der Waals surface area contributed by atoms with Crippen molar-refractivity contribution in [2.24, 2.45) is 0 Å². The van der Waals surface area contributed by atoms with Gasteiger partial charge in [0, 0.05) is 25.2 Å². The minimum atomic E-state index is -0.507. The van der Waals surface area contributed by atoms with Crippen molar-refractivity contribution in [2.75, 3.05) is 23.7 Å². The van der Waals surface area contributed by atoms with Gasteiger partial charge in [-0.1, -0.05) is 11.6 Å². The lowest BCUT2D eigenvalue weighted by Gasteiger charge is -2.34. The summed E-state index contributed by atoms with van der Waals surface area (Å²) in [5.41, 5.74) is 5.12. The normalized spacial score (nSPS) is 18.9. The molecule has 1 amide bonds. The van der Waals surface area contributed by atoms with E-state index in [-0.39, 0.29) is 12.0 Å². The van der Waals surface area contributed by atoms with Gasteiger partial charge in [0.05, 0.1) is 0 Å². The Morgan fingerprint density at radius 1 is 1.50 bits per heavy atom. The molecule has 22 heavy (non-hydrogen) atoms. The smallest absolute Gasteiger partial charge is 0.407 e. The molecule has 0 aliphatic carbocycles. The van der Waals surface area contributed by atoms with E-state index >= 15 is 0 Å². The second-order valence-electron chi connectivity index (χ2n) is 6.34. The number of amides is 1. The zero-order valence-corrected chi connectivity index (χ0v) is 13.9. The zero-order valence-electron chi connectivity index (χ0n) is 13.1. The number of aromatic nitrogens is 2. The van der Waals surface area contributed by atoms with Crippen molar-refractivity contribution in [1.82, 2.24) is 15.3 Å². The molecule has 8 heteroatoms. The van der Waals surface area contributed by atoms with Gasteiger partial charge in [-0.3, -0.25) is 0 Å². The van der Waals surface area contributed by atoms with Crippen LogP contribution in [0.15, 0.2) is 6.07 Å². The molecule has 122 valence electrons. The molecule has 0 aromatic carbocycles. The highest BCUT2D eigenvalue weighted by Crippen LogP contribution is 2.21. The molecule has 1 atom stereocenters. The van der Waals surface area contributed by atoms with E-state index in [0.717, 1.165) is 19.4 Å². The molecule has 1 fully saturated rings. The van der Waals surface area contributed by atoms with E-state index in [1.165, 1.54) is 0 Å². The largest absolute Gasteiger partial charge is 0.444 e. The first kappa shape index (κ1) is 16.6. The van der Waals surface area contributed by atoms with Crippen molar-refractivity contribution < 1.29 is 9.53 Å². The zero-order chi connectivity index (χ0) is 16.3. The highest BCUT2D eigenvalue weighted by molar-refractivity contribution is 6.29. The lowest BCUT2D eigenvalue weighted by molar-refractivity contribution is 0.0500. The molecule has 1 unspecified atom stereocenters. The summed E-state index contributed by atoms with van der Waals surface area (Å²) in [6.45, 7) is 6.98. The van der Waals surface area contributed by atoms with Gasteiger partial charge in [-0.25, -0.2) is 9.78 Å². The quantitative estimate of drug-likeness (QED) is 0.809. The van der Waals surface area contributed by atoms with Gasteiger partial charge in [0.2, 0.25) is 5.95 Å². The molecular weight excluding hydrogens is 306 g/mol. The third kappa shape index (κ3) is 4.91. The van der Waals surface area contributed by atoms with Gasteiger partial charge in [0.15, 0.2) is 0 Å². The summed E-state index contributed by atoms with van der Waals surface area (Å²) < 4.78 is 5.28. The molecule has 2 rings (SSSR count). The van der Waals surface area contributed by atoms with E-state index in [1.807, 2.05) is 25.7 Å². The van der Waals surface area contributed by atoms with E-state index in [0.29, 0.717) is 17.5 Å². The van der Waals surface area contributed by atoms with E-state index in [2.05, 4.69) is 15.3 Å². The maximum absolute atomic E-state index is 11.9. The number of nitrogens with one attached hydrogen (secondary N) is 1. The topological polar surface area (TPSA) is 93.4 Å². The monoisotopic (exact) mass is 327 g/mol. The van der Waals surface area contributed by atoms with Gasteiger partial charge in [-0.2, -0.15) is 4.98 Å². The Morgan fingerprint density at radius 2 is 2.23 bits per heavy atom. The average Bonchev–Trinajstić information content (AvgIpc) is 2.35. The minimum absolute atomic E-state index is 0.00133. The Labute approximate surface area is 135 Å².